The Morgan fingerprint density at radius 1 is 1.36 bits per heavy atom. The molecule has 1 aliphatic heterocycles. The lowest BCUT2D eigenvalue weighted by Crippen LogP contribution is -2.34. The van der Waals surface area contributed by atoms with E-state index in [0.29, 0.717) is 6.04 Å². The van der Waals surface area contributed by atoms with Crippen molar-refractivity contribution in [1.82, 2.24) is 5.32 Å². The molecule has 11 heavy (non-hydrogen) atoms. The second-order valence-corrected chi connectivity index (χ2v) is 3.95. The molecule has 0 radical (unpaired) electrons. The summed E-state index contributed by atoms with van der Waals surface area (Å²) in [6.07, 6.45) is 6.09. The molecule has 1 heterocycles. The lowest BCUT2D eigenvalue weighted by Gasteiger charge is -2.17. The Balaban J connectivity index is 1.73. The van der Waals surface area contributed by atoms with Gasteiger partial charge in [-0.3, -0.25) is 0 Å². The standard InChI is InChI=1S/C9H17NO/c11-9(6-7-3-4-7)8-2-1-5-10-8/h7-11H,1-6H2/t8-,9?/m1/s1. The van der Waals surface area contributed by atoms with Crippen molar-refractivity contribution in [3.8, 4) is 0 Å². The smallest absolute Gasteiger partial charge is 0.0695 e. The Morgan fingerprint density at radius 2 is 2.18 bits per heavy atom. The zero-order valence-electron chi connectivity index (χ0n) is 6.92. The second kappa shape index (κ2) is 3.11. The Kier molecular flexibility index (Phi) is 2.14. The average molecular weight is 155 g/mol. The molecule has 1 aliphatic carbocycles. The third-order valence-electron chi connectivity index (χ3n) is 2.83. The molecular formula is C9H17NO. The molecule has 2 atom stereocenters. The van der Waals surface area contributed by atoms with E-state index in [1.165, 1.54) is 25.7 Å². The molecule has 2 aliphatic rings. The Hall–Kier alpha value is -0.0800. The zero-order valence-corrected chi connectivity index (χ0v) is 6.92. The van der Waals surface area contributed by atoms with Gasteiger partial charge in [0.1, 0.15) is 0 Å². The van der Waals surface area contributed by atoms with E-state index in [2.05, 4.69) is 5.32 Å². The molecule has 1 saturated carbocycles. The van der Waals surface area contributed by atoms with E-state index in [-0.39, 0.29) is 6.10 Å². The van der Waals surface area contributed by atoms with Crippen molar-refractivity contribution in [2.45, 2.75) is 44.2 Å². The van der Waals surface area contributed by atoms with Crippen LogP contribution in [0.2, 0.25) is 0 Å². The number of hydrogen-bond acceptors (Lipinski definition) is 2. The molecule has 0 amide bonds. The maximum Gasteiger partial charge on any atom is 0.0695 e. The molecule has 2 rings (SSSR count). The Labute approximate surface area is 68.0 Å². The van der Waals surface area contributed by atoms with Crippen LogP contribution in [0.5, 0.6) is 0 Å². The van der Waals surface area contributed by atoms with Gasteiger partial charge >= 0.3 is 0 Å². The van der Waals surface area contributed by atoms with Crippen LogP contribution in [-0.4, -0.2) is 23.8 Å². The van der Waals surface area contributed by atoms with E-state index >= 15 is 0 Å². The van der Waals surface area contributed by atoms with Crippen LogP contribution in [0.1, 0.15) is 32.1 Å². The molecule has 0 aromatic rings. The summed E-state index contributed by atoms with van der Waals surface area (Å²) in [5.74, 6) is 0.854. The fraction of sp³-hybridized carbons (Fsp3) is 1.00. The van der Waals surface area contributed by atoms with Crippen molar-refractivity contribution in [3.05, 3.63) is 0 Å². The molecule has 2 fully saturated rings. The average Bonchev–Trinajstić information content (AvgIpc) is 2.67. The Morgan fingerprint density at radius 3 is 2.73 bits per heavy atom. The fourth-order valence-electron chi connectivity index (χ4n) is 1.90. The second-order valence-electron chi connectivity index (χ2n) is 3.95. The molecule has 0 aromatic heterocycles. The van der Waals surface area contributed by atoms with E-state index in [1.54, 1.807) is 0 Å². The van der Waals surface area contributed by atoms with Gasteiger partial charge in [0, 0.05) is 6.04 Å². The van der Waals surface area contributed by atoms with E-state index in [9.17, 15) is 5.11 Å². The fourth-order valence-corrected chi connectivity index (χ4v) is 1.90. The van der Waals surface area contributed by atoms with Gasteiger partial charge in [-0.1, -0.05) is 12.8 Å². The first-order chi connectivity index (χ1) is 5.36. The lowest BCUT2D eigenvalue weighted by molar-refractivity contribution is 0.120. The first kappa shape index (κ1) is 7.56. The van der Waals surface area contributed by atoms with Crippen molar-refractivity contribution >= 4 is 0 Å². The molecule has 64 valence electrons. The number of hydrogen-bond donors (Lipinski definition) is 2. The highest BCUT2D eigenvalue weighted by atomic mass is 16.3. The first-order valence-corrected chi connectivity index (χ1v) is 4.78. The summed E-state index contributed by atoms with van der Waals surface area (Å²) < 4.78 is 0. The van der Waals surface area contributed by atoms with Gasteiger partial charge in [0.2, 0.25) is 0 Å². The van der Waals surface area contributed by atoms with Crippen LogP contribution in [0.3, 0.4) is 0 Å². The minimum Gasteiger partial charge on any atom is -0.391 e. The summed E-state index contributed by atoms with van der Waals surface area (Å²) in [5, 5.41) is 13.0. The first-order valence-electron chi connectivity index (χ1n) is 4.78. The zero-order chi connectivity index (χ0) is 7.68. The predicted octanol–water partition coefficient (Wildman–Crippen LogP) is 0.899. The number of rotatable bonds is 3. The number of nitrogens with one attached hydrogen (secondary N) is 1. The van der Waals surface area contributed by atoms with Gasteiger partial charge in [-0.2, -0.15) is 0 Å². The van der Waals surface area contributed by atoms with Gasteiger partial charge in [0.15, 0.2) is 0 Å². The summed E-state index contributed by atoms with van der Waals surface area (Å²) in [4.78, 5) is 0. The van der Waals surface area contributed by atoms with Gasteiger partial charge in [-0.15, -0.1) is 0 Å². The van der Waals surface area contributed by atoms with Crippen molar-refractivity contribution < 1.29 is 5.11 Å². The van der Waals surface area contributed by atoms with Crippen LogP contribution < -0.4 is 5.32 Å². The molecule has 0 bridgehead atoms. The van der Waals surface area contributed by atoms with Crippen LogP contribution in [0.25, 0.3) is 0 Å². The van der Waals surface area contributed by atoms with Crippen LogP contribution >= 0.6 is 0 Å². The summed E-state index contributed by atoms with van der Waals surface area (Å²) in [6.45, 7) is 1.10. The molecule has 2 nitrogen and oxygen atoms in total. The topological polar surface area (TPSA) is 32.3 Å². The quantitative estimate of drug-likeness (QED) is 0.634. The van der Waals surface area contributed by atoms with E-state index in [1.807, 2.05) is 0 Å². The van der Waals surface area contributed by atoms with E-state index in [0.717, 1.165) is 18.9 Å². The molecule has 0 aromatic carbocycles. The van der Waals surface area contributed by atoms with Crippen molar-refractivity contribution in [2.24, 2.45) is 5.92 Å². The third kappa shape index (κ3) is 1.94. The van der Waals surface area contributed by atoms with Gasteiger partial charge in [0.05, 0.1) is 6.10 Å². The van der Waals surface area contributed by atoms with Gasteiger partial charge in [-0.05, 0) is 31.7 Å². The van der Waals surface area contributed by atoms with E-state index < -0.39 is 0 Å². The highest BCUT2D eigenvalue weighted by Gasteiger charge is 2.29. The van der Waals surface area contributed by atoms with Crippen molar-refractivity contribution in [2.75, 3.05) is 6.54 Å². The largest absolute Gasteiger partial charge is 0.391 e. The third-order valence-corrected chi connectivity index (χ3v) is 2.83. The predicted molar refractivity (Wildman–Crippen MR) is 44.4 cm³/mol. The highest BCUT2D eigenvalue weighted by molar-refractivity contribution is 4.85. The summed E-state index contributed by atoms with van der Waals surface area (Å²) in [5.41, 5.74) is 0. The minimum atomic E-state index is -0.0648. The summed E-state index contributed by atoms with van der Waals surface area (Å²) >= 11 is 0. The maximum absolute atomic E-state index is 9.70. The van der Waals surface area contributed by atoms with Crippen LogP contribution in [-0.2, 0) is 0 Å². The Bertz CT molecular complexity index is 128. The van der Waals surface area contributed by atoms with Crippen molar-refractivity contribution in [3.63, 3.8) is 0 Å². The SMILES string of the molecule is OC(CC1CC1)[C@H]1CCCN1. The minimum absolute atomic E-state index is 0.0648. The lowest BCUT2D eigenvalue weighted by atomic mass is 10.0. The number of aliphatic hydroxyl groups is 1. The van der Waals surface area contributed by atoms with Crippen molar-refractivity contribution in [1.29, 1.82) is 0 Å². The number of aliphatic hydroxyl groups excluding tert-OH is 1. The normalized spacial score (nSPS) is 34.1. The molecule has 0 spiro atoms. The summed E-state index contributed by atoms with van der Waals surface area (Å²) in [6, 6.07) is 0.413. The van der Waals surface area contributed by atoms with Crippen LogP contribution in [0.15, 0.2) is 0 Å². The summed E-state index contributed by atoms with van der Waals surface area (Å²) in [7, 11) is 0. The molecule has 2 N–H and O–H groups in total. The van der Waals surface area contributed by atoms with Gasteiger partial charge in [0.25, 0.3) is 0 Å². The molecule has 2 heteroatoms. The highest BCUT2D eigenvalue weighted by Crippen LogP contribution is 2.34. The van der Waals surface area contributed by atoms with Crippen LogP contribution in [0.4, 0.5) is 0 Å². The van der Waals surface area contributed by atoms with E-state index in [4.69, 9.17) is 0 Å². The molecule has 1 unspecified atom stereocenters. The monoisotopic (exact) mass is 155 g/mol. The molecule has 1 saturated heterocycles. The molecular weight excluding hydrogens is 138 g/mol. The maximum atomic E-state index is 9.70. The van der Waals surface area contributed by atoms with Gasteiger partial charge < -0.3 is 10.4 Å². The van der Waals surface area contributed by atoms with Crippen LogP contribution in [0, 0.1) is 5.92 Å². The van der Waals surface area contributed by atoms with Gasteiger partial charge in [-0.25, -0.2) is 0 Å².